The fraction of sp³-hybridized carbons (Fsp3) is 0.346. The van der Waals surface area contributed by atoms with Crippen LogP contribution in [0.15, 0.2) is 71.0 Å². The van der Waals surface area contributed by atoms with Gasteiger partial charge in [-0.1, -0.05) is 55.4 Å². The molecule has 1 aromatic heterocycles. The Kier molecular flexibility index (Phi) is 7.57. The van der Waals surface area contributed by atoms with Crippen molar-refractivity contribution < 1.29 is 9.53 Å². The van der Waals surface area contributed by atoms with E-state index in [0.29, 0.717) is 16.7 Å². The van der Waals surface area contributed by atoms with E-state index in [-0.39, 0.29) is 12.0 Å². The molecule has 3 aromatic rings. The SMILES string of the molecule is CCCCSc1nc2n(n1)C(c1ccc(OC(C)C)cc1)C(C(=O)Nc1ccccc1)=C(C)N2. The summed E-state index contributed by atoms with van der Waals surface area (Å²) in [5.74, 6) is 2.21. The molecule has 0 bridgehead atoms. The van der Waals surface area contributed by atoms with Crippen molar-refractivity contribution in [3.63, 3.8) is 0 Å². The first kappa shape index (κ1) is 23.9. The number of thioether (sulfide) groups is 1. The summed E-state index contributed by atoms with van der Waals surface area (Å²) in [4.78, 5) is 18.2. The maximum absolute atomic E-state index is 13.5. The number of nitrogens with one attached hydrogen (secondary N) is 2. The minimum atomic E-state index is -0.416. The summed E-state index contributed by atoms with van der Waals surface area (Å²) in [6.07, 6.45) is 2.31. The standard InChI is InChI=1S/C26H31N5O2S/c1-5-6-16-34-26-29-25-27-18(4)22(24(32)28-20-10-8-7-9-11-20)23(31(25)30-26)19-12-14-21(15-13-19)33-17(2)3/h7-15,17,23H,5-6,16H2,1-4H3,(H,28,32)(H,27,29,30). The summed E-state index contributed by atoms with van der Waals surface area (Å²) < 4.78 is 7.64. The van der Waals surface area contributed by atoms with Gasteiger partial charge in [-0.25, -0.2) is 4.68 Å². The zero-order valence-electron chi connectivity index (χ0n) is 20.0. The number of hydrogen-bond acceptors (Lipinski definition) is 6. The lowest BCUT2D eigenvalue weighted by Gasteiger charge is -2.28. The van der Waals surface area contributed by atoms with Crippen molar-refractivity contribution in [1.82, 2.24) is 14.8 Å². The summed E-state index contributed by atoms with van der Waals surface area (Å²) in [7, 11) is 0. The van der Waals surface area contributed by atoms with Gasteiger partial charge in [-0.2, -0.15) is 4.98 Å². The highest BCUT2D eigenvalue weighted by Gasteiger charge is 2.34. The highest BCUT2D eigenvalue weighted by Crippen LogP contribution is 2.37. The van der Waals surface area contributed by atoms with Crippen LogP contribution in [0.4, 0.5) is 11.6 Å². The van der Waals surface area contributed by atoms with Crippen LogP contribution in [-0.4, -0.2) is 32.5 Å². The summed E-state index contributed by atoms with van der Waals surface area (Å²) in [5.41, 5.74) is 3.04. The van der Waals surface area contributed by atoms with Crippen molar-refractivity contribution in [1.29, 1.82) is 0 Å². The van der Waals surface area contributed by atoms with Crippen LogP contribution in [0.2, 0.25) is 0 Å². The van der Waals surface area contributed by atoms with Crippen molar-refractivity contribution in [2.24, 2.45) is 0 Å². The maximum atomic E-state index is 13.5. The number of aromatic nitrogens is 3. The van der Waals surface area contributed by atoms with Crippen molar-refractivity contribution >= 4 is 29.3 Å². The van der Waals surface area contributed by atoms with Crippen LogP contribution in [0.25, 0.3) is 0 Å². The van der Waals surface area contributed by atoms with Crippen molar-refractivity contribution in [3.05, 3.63) is 71.4 Å². The Bertz CT molecular complexity index is 1160. The molecule has 0 saturated heterocycles. The first-order valence-corrected chi connectivity index (χ1v) is 12.6. The van der Waals surface area contributed by atoms with Crippen LogP contribution >= 0.6 is 11.8 Å². The summed E-state index contributed by atoms with van der Waals surface area (Å²) in [5, 5.41) is 11.8. The summed E-state index contributed by atoms with van der Waals surface area (Å²) in [6.45, 7) is 8.07. The topological polar surface area (TPSA) is 81.1 Å². The number of amides is 1. The zero-order valence-corrected chi connectivity index (χ0v) is 20.9. The van der Waals surface area contributed by atoms with E-state index in [9.17, 15) is 4.79 Å². The molecule has 1 amide bonds. The highest BCUT2D eigenvalue weighted by atomic mass is 32.2. The molecule has 4 rings (SSSR count). The molecular weight excluding hydrogens is 446 g/mol. The van der Waals surface area contributed by atoms with Gasteiger partial charge in [0.15, 0.2) is 0 Å². The van der Waals surface area contributed by atoms with Gasteiger partial charge < -0.3 is 15.4 Å². The van der Waals surface area contributed by atoms with E-state index in [0.717, 1.165) is 41.3 Å². The molecule has 178 valence electrons. The molecule has 34 heavy (non-hydrogen) atoms. The third kappa shape index (κ3) is 5.44. The minimum absolute atomic E-state index is 0.0868. The van der Waals surface area contributed by atoms with Crippen LogP contribution in [-0.2, 0) is 4.79 Å². The number of para-hydroxylation sites is 1. The molecule has 0 radical (unpaired) electrons. The average Bonchev–Trinajstić information content (AvgIpc) is 3.21. The molecule has 0 saturated carbocycles. The molecule has 8 heteroatoms. The Balaban J connectivity index is 1.71. The van der Waals surface area contributed by atoms with Crippen molar-refractivity contribution in [2.45, 2.75) is 57.8 Å². The second kappa shape index (κ2) is 10.8. The molecule has 2 N–H and O–H groups in total. The molecule has 0 fully saturated rings. The Labute approximate surface area is 205 Å². The van der Waals surface area contributed by atoms with Gasteiger partial charge in [0.1, 0.15) is 11.8 Å². The van der Waals surface area contributed by atoms with E-state index in [1.165, 1.54) is 0 Å². The monoisotopic (exact) mass is 477 g/mol. The van der Waals surface area contributed by atoms with Crippen LogP contribution < -0.4 is 15.4 Å². The lowest BCUT2D eigenvalue weighted by atomic mass is 9.95. The molecule has 1 aliphatic heterocycles. The molecule has 2 heterocycles. The number of allylic oxidation sites excluding steroid dienone is 1. The van der Waals surface area contributed by atoms with Crippen LogP contribution in [0, 0.1) is 0 Å². The number of carbonyl (C=O) groups excluding carboxylic acids is 1. The molecular formula is C26H31N5O2S. The number of nitrogens with zero attached hydrogens (tertiary/aromatic N) is 3. The number of benzene rings is 2. The zero-order chi connectivity index (χ0) is 24.1. The van der Waals surface area contributed by atoms with Crippen LogP contribution in [0.5, 0.6) is 5.75 Å². The van der Waals surface area contributed by atoms with E-state index in [1.807, 2.05) is 80.1 Å². The van der Waals surface area contributed by atoms with E-state index in [2.05, 4.69) is 17.6 Å². The number of anilines is 2. The van der Waals surface area contributed by atoms with Gasteiger partial charge in [-0.3, -0.25) is 4.79 Å². The number of fused-ring (bicyclic) bond motifs is 1. The van der Waals surface area contributed by atoms with Gasteiger partial charge in [0, 0.05) is 17.1 Å². The Morgan fingerprint density at radius 3 is 2.59 bits per heavy atom. The average molecular weight is 478 g/mol. The van der Waals surface area contributed by atoms with E-state index < -0.39 is 6.04 Å². The lowest BCUT2D eigenvalue weighted by molar-refractivity contribution is -0.113. The van der Waals surface area contributed by atoms with E-state index in [4.69, 9.17) is 14.8 Å². The summed E-state index contributed by atoms with van der Waals surface area (Å²) >= 11 is 1.64. The Hall–Kier alpha value is -3.26. The number of ether oxygens (including phenoxy) is 1. The van der Waals surface area contributed by atoms with Gasteiger partial charge >= 0.3 is 0 Å². The number of hydrogen-bond donors (Lipinski definition) is 2. The highest BCUT2D eigenvalue weighted by molar-refractivity contribution is 7.99. The molecule has 7 nitrogen and oxygen atoms in total. The van der Waals surface area contributed by atoms with Crippen molar-refractivity contribution in [2.75, 3.05) is 16.4 Å². The fourth-order valence-corrected chi connectivity index (χ4v) is 4.74. The predicted octanol–water partition coefficient (Wildman–Crippen LogP) is 5.89. The number of unbranched alkanes of at least 4 members (excludes halogenated alkanes) is 1. The lowest BCUT2D eigenvalue weighted by Crippen LogP contribution is -2.31. The largest absolute Gasteiger partial charge is 0.491 e. The fourth-order valence-electron chi connectivity index (χ4n) is 3.82. The van der Waals surface area contributed by atoms with E-state index in [1.54, 1.807) is 11.8 Å². The Morgan fingerprint density at radius 1 is 1.18 bits per heavy atom. The van der Waals surface area contributed by atoms with Gasteiger partial charge in [0.2, 0.25) is 11.1 Å². The molecule has 0 spiro atoms. The van der Waals surface area contributed by atoms with Crippen LogP contribution in [0.1, 0.15) is 52.1 Å². The first-order chi connectivity index (χ1) is 16.5. The van der Waals surface area contributed by atoms with Gasteiger partial charge in [0.05, 0.1) is 11.7 Å². The quantitative estimate of drug-likeness (QED) is 0.296. The normalized spacial score (nSPS) is 15.1. The van der Waals surface area contributed by atoms with Gasteiger partial charge in [-0.05, 0) is 57.0 Å². The summed E-state index contributed by atoms with van der Waals surface area (Å²) in [6, 6.07) is 16.9. The minimum Gasteiger partial charge on any atom is -0.491 e. The Morgan fingerprint density at radius 2 is 1.91 bits per heavy atom. The van der Waals surface area contributed by atoms with Gasteiger partial charge in [-0.15, -0.1) is 5.10 Å². The molecule has 1 aliphatic rings. The number of rotatable bonds is 9. The predicted molar refractivity (Wildman–Crippen MR) is 137 cm³/mol. The van der Waals surface area contributed by atoms with E-state index >= 15 is 0 Å². The first-order valence-electron chi connectivity index (χ1n) is 11.7. The maximum Gasteiger partial charge on any atom is 0.255 e. The molecule has 0 aliphatic carbocycles. The smallest absolute Gasteiger partial charge is 0.255 e. The molecule has 1 atom stereocenters. The third-order valence-corrected chi connectivity index (χ3v) is 6.33. The van der Waals surface area contributed by atoms with Gasteiger partial charge in [0.25, 0.3) is 5.91 Å². The van der Waals surface area contributed by atoms with Crippen LogP contribution in [0.3, 0.4) is 0 Å². The molecule has 1 unspecified atom stereocenters. The van der Waals surface area contributed by atoms with Crippen molar-refractivity contribution in [3.8, 4) is 5.75 Å². The second-order valence-electron chi connectivity index (χ2n) is 8.49. The third-order valence-electron chi connectivity index (χ3n) is 5.41. The molecule has 2 aromatic carbocycles. The number of carbonyl (C=O) groups is 1. The second-order valence-corrected chi connectivity index (χ2v) is 9.55.